The Kier molecular flexibility index (Phi) is 3.88. The van der Waals surface area contributed by atoms with E-state index in [1.54, 1.807) is 0 Å². The van der Waals surface area contributed by atoms with Gasteiger partial charge in [0.25, 0.3) is 5.92 Å². The van der Waals surface area contributed by atoms with Crippen molar-refractivity contribution in [1.29, 1.82) is 5.26 Å². The topological polar surface area (TPSA) is 60.2 Å². The summed E-state index contributed by atoms with van der Waals surface area (Å²) in [5.74, 6) is -6.76. The number of aliphatic hydroxyl groups excluding tert-OH is 1. The molecule has 0 unspecified atom stereocenters. The van der Waals surface area contributed by atoms with Crippen molar-refractivity contribution in [2.45, 2.75) is 30.4 Å². The molecule has 1 saturated heterocycles. The average molecular weight is 387 g/mol. The second kappa shape index (κ2) is 5.42. The molecule has 2 heterocycles. The Balaban J connectivity index is 2.02. The Morgan fingerprint density at radius 3 is 2.38 bits per heavy atom. The lowest BCUT2D eigenvalue weighted by Crippen LogP contribution is -2.51. The second-order valence-corrected chi connectivity index (χ2v) is 6.14. The first-order valence-corrected chi connectivity index (χ1v) is 7.16. The molecule has 26 heavy (non-hydrogen) atoms. The Bertz CT molecular complexity index is 769. The van der Waals surface area contributed by atoms with Crippen LogP contribution in [0.2, 0.25) is 0 Å². The minimum atomic E-state index is -5.23. The smallest absolute Gasteiger partial charge is 0.382 e. The van der Waals surface area contributed by atoms with Crippen LogP contribution < -0.4 is 4.90 Å². The van der Waals surface area contributed by atoms with Gasteiger partial charge in [-0.1, -0.05) is 0 Å². The molecule has 1 aliphatic carbocycles. The van der Waals surface area contributed by atoms with Crippen LogP contribution in [0, 0.1) is 23.2 Å². The zero-order chi connectivity index (χ0) is 19.7. The lowest BCUT2D eigenvalue weighted by atomic mass is 10.0. The maximum absolute atomic E-state index is 13.6. The molecule has 2 aliphatic rings. The van der Waals surface area contributed by atoms with Gasteiger partial charge in [-0.3, -0.25) is 0 Å². The van der Waals surface area contributed by atoms with Gasteiger partial charge in [0, 0.05) is 6.54 Å². The third-order valence-electron chi connectivity index (χ3n) is 4.66. The van der Waals surface area contributed by atoms with Crippen LogP contribution in [0.5, 0.6) is 0 Å². The highest BCUT2D eigenvalue weighted by Gasteiger charge is 2.78. The van der Waals surface area contributed by atoms with Crippen molar-refractivity contribution >= 4 is 5.69 Å². The number of aromatic nitrogens is 1. The Labute approximate surface area is 140 Å². The van der Waals surface area contributed by atoms with Gasteiger partial charge < -0.3 is 10.0 Å². The van der Waals surface area contributed by atoms with Crippen LogP contribution in [-0.2, 0) is 6.18 Å². The first kappa shape index (κ1) is 18.6. The first-order valence-electron chi connectivity index (χ1n) is 7.16. The van der Waals surface area contributed by atoms with Crippen LogP contribution in [0.25, 0.3) is 0 Å². The molecule has 142 valence electrons. The highest BCUT2D eigenvalue weighted by molar-refractivity contribution is 5.55. The van der Waals surface area contributed by atoms with Gasteiger partial charge in [0.15, 0.2) is 11.8 Å². The van der Waals surface area contributed by atoms with Crippen LogP contribution in [-0.4, -0.2) is 40.9 Å². The number of alkyl halides is 8. The van der Waals surface area contributed by atoms with E-state index in [-0.39, 0.29) is 0 Å². The standard InChI is InChI=1S/C14H9F8N3O/c15-12(16)7-4-25(10(9(7)12)11(26)14(20,21)22)5-1-6(13(17,18)19)8(2-23)24-3-5/h1,3,7,9-11,26H,4H2/t7-,9-,10-,11-/m1/s1. The van der Waals surface area contributed by atoms with Crippen molar-refractivity contribution in [3.8, 4) is 6.07 Å². The number of pyridine rings is 1. The number of aliphatic hydroxyl groups is 1. The number of piperidine rings is 1. The summed E-state index contributed by atoms with van der Waals surface area (Å²) in [4.78, 5) is 3.91. The molecule has 4 atom stereocenters. The number of hydrogen-bond donors (Lipinski definition) is 1. The van der Waals surface area contributed by atoms with Gasteiger partial charge in [0.2, 0.25) is 0 Å². The van der Waals surface area contributed by atoms with E-state index in [0.29, 0.717) is 17.2 Å². The quantitative estimate of drug-likeness (QED) is 0.793. The van der Waals surface area contributed by atoms with E-state index in [0.717, 1.165) is 0 Å². The van der Waals surface area contributed by atoms with Crippen molar-refractivity contribution < 1.29 is 40.2 Å². The number of fused-ring (bicyclic) bond motifs is 1. The molecule has 12 heteroatoms. The first-order chi connectivity index (χ1) is 11.8. The number of nitriles is 1. The maximum atomic E-state index is 13.6. The van der Waals surface area contributed by atoms with Crippen molar-refractivity contribution in [2.24, 2.45) is 11.8 Å². The largest absolute Gasteiger partial charge is 0.419 e. The van der Waals surface area contributed by atoms with E-state index in [4.69, 9.17) is 5.26 Å². The molecule has 1 aromatic heterocycles. The Morgan fingerprint density at radius 2 is 1.88 bits per heavy atom. The summed E-state index contributed by atoms with van der Waals surface area (Å²) >= 11 is 0. The predicted molar refractivity (Wildman–Crippen MR) is 69.1 cm³/mol. The van der Waals surface area contributed by atoms with Gasteiger partial charge in [-0.2, -0.15) is 31.6 Å². The molecule has 3 rings (SSSR count). The van der Waals surface area contributed by atoms with Crippen molar-refractivity contribution in [1.82, 2.24) is 4.98 Å². The summed E-state index contributed by atoms with van der Waals surface area (Å²) in [5, 5.41) is 18.2. The minimum Gasteiger partial charge on any atom is -0.382 e. The number of halogens is 8. The van der Waals surface area contributed by atoms with Crippen LogP contribution >= 0.6 is 0 Å². The number of nitrogens with zero attached hydrogens (tertiary/aromatic N) is 3. The fourth-order valence-electron chi connectivity index (χ4n) is 3.40. The van der Waals surface area contributed by atoms with E-state index >= 15 is 0 Å². The summed E-state index contributed by atoms with van der Waals surface area (Å²) in [6.07, 6.45) is -12.7. The molecule has 0 amide bonds. The summed E-state index contributed by atoms with van der Waals surface area (Å²) in [5.41, 5.74) is -3.01. The molecule has 1 aliphatic heterocycles. The highest BCUT2D eigenvalue weighted by Crippen LogP contribution is 2.64. The molecular formula is C14H9F8N3O. The Hall–Kier alpha value is -2.16. The molecule has 0 spiro atoms. The second-order valence-electron chi connectivity index (χ2n) is 6.14. The molecule has 0 bridgehead atoms. The SMILES string of the molecule is N#Cc1ncc(N2C[C@@H]3[C@H]([C@@H]2[C@@H](O)C(F)(F)F)C3(F)F)cc1C(F)(F)F. The van der Waals surface area contributed by atoms with E-state index in [2.05, 4.69) is 4.98 Å². The zero-order valence-electron chi connectivity index (χ0n) is 12.5. The molecule has 0 aromatic carbocycles. The number of rotatable bonds is 2. The molecule has 0 radical (unpaired) electrons. The molecule has 1 aromatic rings. The lowest BCUT2D eigenvalue weighted by molar-refractivity contribution is -0.212. The van der Waals surface area contributed by atoms with E-state index in [9.17, 15) is 40.2 Å². The third-order valence-corrected chi connectivity index (χ3v) is 4.66. The zero-order valence-corrected chi connectivity index (χ0v) is 12.5. The molecule has 1 N–H and O–H groups in total. The summed E-state index contributed by atoms with van der Waals surface area (Å²) < 4.78 is 105. The Morgan fingerprint density at radius 1 is 1.27 bits per heavy atom. The van der Waals surface area contributed by atoms with Crippen LogP contribution in [0.15, 0.2) is 12.3 Å². The van der Waals surface area contributed by atoms with Gasteiger partial charge in [-0.05, 0) is 6.07 Å². The maximum Gasteiger partial charge on any atom is 0.419 e. The normalized spacial score (nSPS) is 28.5. The van der Waals surface area contributed by atoms with Gasteiger partial charge in [-0.15, -0.1) is 0 Å². The third kappa shape index (κ3) is 2.74. The summed E-state index contributed by atoms with van der Waals surface area (Å²) in [7, 11) is 0. The number of hydrogen-bond acceptors (Lipinski definition) is 4. The highest BCUT2D eigenvalue weighted by atomic mass is 19.4. The van der Waals surface area contributed by atoms with Gasteiger partial charge in [0.1, 0.15) is 6.07 Å². The van der Waals surface area contributed by atoms with Crippen molar-refractivity contribution in [2.75, 3.05) is 11.4 Å². The summed E-state index contributed by atoms with van der Waals surface area (Å²) in [6.45, 7) is -0.666. The summed E-state index contributed by atoms with van der Waals surface area (Å²) in [6, 6.07) is -0.558. The van der Waals surface area contributed by atoms with Gasteiger partial charge >= 0.3 is 12.4 Å². The van der Waals surface area contributed by atoms with Crippen LogP contribution in [0.1, 0.15) is 11.3 Å². The van der Waals surface area contributed by atoms with Crippen LogP contribution in [0.4, 0.5) is 40.8 Å². The fraction of sp³-hybridized carbons (Fsp3) is 0.571. The molecular weight excluding hydrogens is 378 g/mol. The van der Waals surface area contributed by atoms with Gasteiger partial charge in [-0.25, -0.2) is 13.8 Å². The van der Waals surface area contributed by atoms with Crippen molar-refractivity contribution in [3.63, 3.8) is 0 Å². The minimum absolute atomic E-state index is 0.380. The van der Waals surface area contributed by atoms with Crippen LogP contribution in [0.3, 0.4) is 0 Å². The van der Waals surface area contributed by atoms with E-state index < -0.39 is 65.7 Å². The van der Waals surface area contributed by atoms with Crippen molar-refractivity contribution in [3.05, 3.63) is 23.5 Å². The molecule has 2 fully saturated rings. The lowest BCUT2D eigenvalue weighted by Gasteiger charge is -2.34. The van der Waals surface area contributed by atoms with E-state index in [1.807, 2.05) is 0 Å². The van der Waals surface area contributed by atoms with E-state index in [1.165, 1.54) is 6.07 Å². The molecule has 1 saturated carbocycles. The molecule has 4 nitrogen and oxygen atoms in total. The monoisotopic (exact) mass is 387 g/mol. The average Bonchev–Trinajstić information content (AvgIpc) is 2.89. The van der Waals surface area contributed by atoms with Gasteiger partial charge in [0.05, 0.1) is 35.3 Å². The predicted octanol–water partition coefficient (Wildman–Crippen LogP) is 2.97. The number of anilines is 1. The fourth-order valence-corrected chi connectivity index (χ4v) is 3.40.